The number of nitrogens with zero attached hydrogens (tertiary/aromatic N) is 4. The van der Waals surface area contributed by atoms with Gasteiger partial charge in [-0.2, -0.15) is 10.1 Å². The minimum atomic E-state index is 0.285. The van der Waals surface area contributed by atoms with Gasteiger partial charge >= 0.3 is 0 Å². The predicted molar refractivity (Wildman–Crippen MR) is 83.8 cm³/mol. The Kier molecular flexibility index (Phi) is 3.92. The normalized spacial score (nSPS) is 20.9. The van der Waals surface area contributed by atoms with Crippen LogP contribution in [0.2, 0.25) is 0 Å². The molecule has 2 heterocycles. The molecule has 0 aromatic carbocycles. The minimum absolute atomic E-state index is 0.285. The quantitative estimate of drug-likeness (QED) is 0.661. The highest BCUT2D eigenvalue weighted by molar-refractivity contribution is 5.85. The molecule has 0 saturated heterocycles. The van der Waals surface area contributed by atoms with Gasteiger partial charge in [-0.25, -0.2) is 4.98 Å². The van der Waals surface area contributed by atoms with Crippen molar-refractivity contribution in [2.75, 3.05) is 24.1 Å². The third-order valence-electron chi connectivity index (χ3n) is 4.04. The zero-order valence-electron chi connectivity index (χ0n) is 12.4. The molecular weight excluding hydrogens is 266 g/mol. The molecule has 1 saturated carbocycles. The number of hydrogen-bond acceptors (Lipinski definition) is 6. The Morgan fingerprint density at radius 1 is 1.38 bits per heavy atom. The lowest BCUT2D eigenvalue weighted by Crippen LogP contribution is -2.08. The van der Waals surface area contributed by atoms with Crippen molar-refractivity contribution in [3.05, 3.63) is 6.20 Å². The fraction of sp³-hybridized carbons (Fsp3) is 0.643. The molecule has 0 radical (unpaired) electrons. The van der Waals surface area contributed by atoms with Crippen LogP contribution in [0.3, 0.4) is 0 Å². The summed E-state index contributed by atoms with van der Waals surface area (Å²) in [5.74, 6) is 2.31. The highest BCUT2D eigenvalue weighted by Crippen LogP contribution is 2.38. The van der Waals surface area contributed by atoms with E-state index in [0.717, 1.165) is 49.3 Å². The molecule has 114 valence electrons. The second kappa shape index (κ2) is 5.85. The van der Waals surface area contributed by atoms with Crippen LogP contribution in [0.4, 0.5) is 11.8 Å². The van der Waals surface area contributed by atoms with E-state index in [1.54, 1.807) is 0 Å². The molecule has 1 aliphatic rings. The molecule has 0 bridgehead atoms. The largest absolute Gasteiger partial charge is 0.368 e. The van der Waals surface area contributed by atoms with Crippen molar-refractivity contribution in [1.29, 1.82) is 0 Å². The smallest absolute Gasteiger partial charge is 0.222 e. The van der Waals surface area contributed by atoms with Crippen LogP contribution in [-0.2, 0) is 6.54 Å². The highest BCUT2D eigenvalue weighted by atomic mass is 15.3. The van der Waals surface area contributed by atoms with Gasteiger partial charge < -0.3 is 16.8 Å². The van der Waals surface area contributed by atoms with Crippen molar-refractivity contribution < 1.29 is 0 Å². The number of nitrogen functional groups attached to an aromatic ring is 1. The number of nitrogens with one attached hydrogen (secondary N) is 1. The van der Waals surface area contributed by atoms with Gasteiger partial charge in [0.2, 0.25) is 5.95 Å². The zero-order valence-corrected chi connectivity index (χ0v) is 12.4. The van der Waals surface area contributed by atoms with Crippen molar-refractivity contribution in [3.8, 4) is 0 Å². The summed E-state index contributed by atoms with van der Waals surface area (Å²) in [7, 11) is 0. The van der Waals surface area contributed by atoms with E-state index >= 15 is 0 Å². The first-order chi connectivity index (χ1) is 10.2. The summed E-state index contributed by atoms with van der Waals surface area (Å²) in [6, 6.07) is 0. The van der Waals surface area contributed by atoms with Crippen LogP contribution in [0.25, 0.3) is 11.0 Å². The monoisotopic (exact) mass is 289 g/mol. The summed E-state index contributed by atoms with van der Waals surface area (Å²) < 4.78 is 1.95. The standard InChI is InChI=1S/C14H23N7/c1-2-3-4-17-13-12-11(18-14(16)19-13)8-21(20-12)7-10-5-9(10)6-15/h8-10H,2-7,15H2,1H3,(H3,16,17,18,19)/t9-,10+/m1/s1. The molecule has 7 heteroatoms. The lowest BCUT2D eigenvalue weighted by molar-refractivity contribution is 0.536. The van der Waals surface area contributed by atoms with Crippen LogP contribution < -0.4 is 16.8 Å². The first-order valence-corrected chi connectivity index (χ1v) is 7.66. The third-order valence-corrected chi connectivity index (χ3v) is 4.04. The van der Waals surface area contributed by atoms with Crippen LogP contribution in [0.15, 0.2) is 6.20 Å². The summed E-state index contributed by atoms with van der Waals surface area (Å²) >= 11 is 0. The Labute approximate surface area is 124 Å². The van der Waals surface area contributed by atoms with Gasteiger partial charge in [0.05, 0.1) is 6.20 Å². The van der Waals surface area contributed by atoms with Gasteiger partial charge in [0.15, 0.2) is 11.3 Å². The number of hydrogen-bond donors (Lipinski definition) is 3. The number of anilines is 2. The second-order valence-corrected chi connectivity index (χ2v) is 5.79. The van der Waals surface area contributed by atoms with Crippen molar-refractivity contribution >= 4 is 22.8 Å². The van der Waals surface area contributed by atoms with E-state index in [1.165, 1.54) is 6.42 Å². The van der Waals surface area contributed by atoms with Crippen LogP contribution in [0, 0.1) is 11.8 Å². The number of aromatic nitrogens is 4. The fourth-order valence-electron chi connectivity index (χ4n) is 2.64. The van der Waals surface area contributed by atoms with Crippen molar-refractivity contribution in [1.82, 2.24) is 19.7 Å². The molecule has 2 aromatic heterocycles. The van der Waals surface area contributed by atoms with Crippen LogP contribution in [0.1, 0.15) is 26.2 Å². The van der Waals surface area contributed by atoms with Crippen molar-refractivity contribution in [3.63, 3.8) is 0 Å². The van der Waals surface area contributed by atoms with Crippen LogP contribution in [-0.4, -0.2) is 32.8 Å². The van der Waals surface area contributed by atoms with Crippen molar-refractivity contribution in [2.24, 2.45) is 17.6 Å². The van der Waals surface area contributed by atoms with E-state index in [4.69, 9.17) is 11.5 Å². The Hall–Kier alpha value is -1.89. The molecular formula is C14H23N7. The maximum atomic E-state index is 5.78. The SMILES string of the molecule is CCCCNc1nc(N)nc2cn(C[C@@H]3C[C@@H]3CN)nc12. The summed E-state index contributed by atoms with van der Waals surface area (Å²) in [5, 5.41) is 7.92. The Morgan fingerprint density at radius 2 is 2.24 bits per heavy atom. The molecule has 0 unspecified atom stereocenters. The summed E-state index contributed by atoms with van der Waals surface area (Å²) in [6.07, 6.45) is 5.37. The fourth-order valence-corrected chi connectivity index (χ4v) is 2.64. The van der Waals surface area contributed by atoms with E-state index in [9.17, 15) is 0 Å². The number of fused-ring (bicyclic) bond motifs is 1. The predicted octanol–water partition coefficient (Wildman–Crippen LogP) is 1.22. The first-order valence-electron chi connectivity index (χ1n) is 7.66. The Bertz CT molecular complexity index is 621. The van der Waals surface area contributed by atoms with Gasteiger partial charge in [0, 0.05) is 13.1 Å². The van der Waals surface area contributed by atoms with Gasteiger partial charge in [0.25, 0.3) is 0 Å². The highest BCUT2D eigenvalue weighted by Gasteiger charge is 2.36. The zero-order chi connectivity index (χ0) is 14.8. The number of nitrogens with two attached hydrogens (primary N) is 2. The van der Waals surface area contributed by atoms with Crippen molar-refractivity contribution in [2.45, 2.75) is 32.7 Å². The summed E-state index contributed by atoms with van der Waals surface area (Å²) in [6.45, 7) is 4.69. The van der Waals surface area contributed by atoms with E-state index < -0.39 is 0 Å². The molecule has 3 rings (SSSR count). The van der Waals surface area contributed by atoms with E-state index in [1.807, 2.05) is 10.9 Å². The third kappa shape index (κ3) is 3.07. The summed E-state index contributed by atoms with van der Waals surface area (Å²) in [4.78, 5) is 8.54. The van der Waals surface area contributed by atoms with E-state index in [-0.39, 0.29) is 5.95 Å². The van der Waals surface area contributed by atoms with Crippen LogP contribution in [0.5, 0.6) is 0 Å². The topological polar surface area (TPSA) is 108 Å². The summed E-state index contributed by atoms with van der Waals surface area (Å²) in [5.41, 5.74) is 13.1. The first kappa shape index (κ1) is 14.1. The van der Waals surface area contributed by atoms with Crippen LogP contribution >= 0.6 is 0 Å². The van der Waals surface area contributed by atoms with Gasteiger partial charge in [-0.1, -0.05) is 13.3 Å². The van der Waals surface area contributed by atoms with Gasteiger partial charge in [-0.3, -0.25) is 4.68 Å². The van der Waals surface area contributed by atoms with Gasteiger partial charge in [-0.05, 0) is 31.2 Å². The molecule has 1 fully saturated rings. The lowest BCUT2D eigenvalue weighted by Gasteiger charge is -2.05. The molecule has 2 atom stereocenters. The van der Waals surface area contributed by atoms with Gasteiger partial charge in [0.1, 0.15) is 5.52 Å². The minimum Gasteiger partial charge on any atom is -0.368 e. The molecule has 0 amide bonds. The molecule has 5 N–H and O–H groups in total. The number of rotatable bonds is 7. The molecule has 0 aliphatic heterocycles. The average molecular weight is 289 g/mol. The molecule has 1 aliphatic carbocycles. The Morgan fingerprint density at radius 3 is 2.95 bits per heavy atom. The lowest BCUT2D eigenvalue weighted by atomic mass is 10.3. The second-order valence-electron chi connectivity index (χ2n) is 5.79. The average Bonchev–Trinajstić information content (AvgIpc) is 3.08. The maximum Gasteiger partial charge on any atom is 0.222 e. The van der Waals surface area contributed by atoms with E-state index in [0.29, 0.717) is 11.8 Å². The van der Waals surface area contributed by atoms with E-state index in [2.05, 4.69) is 27.3 Å². The Balaban J connectivity index is 1.80. The molecule has 2 aromatic rings. The van der Waals surface area contributed by atoms with Gasteiger partial charge in [-0.15, -0.1) is 0 Å². The molecule has 0 spiro atoms. The molecule has 7 nitrogen and oxygen atoms in total. The number of unbranched alkanes of at least 4 members (excludes halogenated alkanes) is 1. The molecule has 21 heavy (non-hydrogen) atoms. The maximum absolute atomic E-state index is 5.78.